The Bertz CT molecular complexity index is 5150. The van der Waals surface area contributed by atoms with Crippen LogP contribution in [0, 0.1) is 83.1 Å². The summed E-state index contributed by atoms with van der Waals surface area (Å²) in [5, 5.41) is 4.68. The van der Waals surface area contributed by atoms with Crippen LogP contribution in [0.1, 0.15) is 66.8 Å². The second-order valence-electron chi connectivity index (χ2n) is 25.8. The van der Waals surface area contributed by atoms with Crippen molar-refractivity contribution in [3.63, 3.8) is 0 Å². The molecule has 0 saturated heterocycles. The molecule has 15 aromatic rings. The molecule has 0 saturated carbocycles. The fraction of sp³-hybridized carbons (Fsp3) is 0.140. The highest BCUT2D eigenvalue weighted by molar-refractivity contribution is 6.14. The van der Waals surface area contributed by atoms with Gasteiger partial charge in [-0.3, -0.25) is 4.98 Å². The normalized spacial score (nSPS) is 11.7. The Balaban J connectivity index is 1.04. The summed E-state index contributed by atoms with van der Waals surface area (Å²) in [6, 6.07) is 78.2. The van der Waals surface area contributed by atoms with Gasteiger partial charge in [-0.05, 0) is 251 Å². The van der Waals surface area contributed by atoms with E-state index < -0.39 is 0 Å². The van der Waals surface area contributed by atoms with Crippen LogP contribution in [0.25, 0.3) is 145 Å². The minimum Gasteiger partial charge on any atom is -0.309 e. The molecule has 4 aromatic heterocycles. The van der Waals surface area contributed by atoms with Gasteiger partial charge in [0.25, 0.3) is 0 Å². The van der Waals surface area contributed by atoms with Crippen LogP contribution in [-0.4, -0.2) is 29.1 Å². The topological polar surface area (TPSA) is 61.4 Å². The van der Waals surface area contributed by atoms with Crippen LogP contribution in [0.2, 0.25) is 0 Å². The molecule has 0 aliphatic rings. The predicted octanol–water partition coefficient (Wildman–Crippen LogP) is 22.5. The number of aromatic nitrogens is 6. The number of rotatable bonds is 10. The van der Waals surface area contributed by atoms with E-state index in [4.69, 9.17) is 19.9 Å². The van der Waals surface area contributed by atoms with Crippen LogP contribution in [0.15, 0.2) is 219 Å². The third-order valence-electron chi connectivity index (χ3n) is 18.9. The number of benzene rings is 11. The van der Waals surface area contributed by atoms with Gasteiger partial charge in [-0.25, -0.2) is 15.0 Å². The van der Waals surface area contributed by atoms with E-state index in [1.165, 1.54) is 133 Å². The molecule has 0 aliphatic heterocycles. The van der Waals surface area contributed by atoms with Gasteiger partial charge in [-0.1, -0.05) is 156 Å². The first kappa shape index (κ1) is 57.6. The highest BCUT2D eigenvalue weighted by Crippen LogP contribution is 2.46. The molecule has 4 heterocycles. The van der Waals surface area contributed by atoms with Gasteiger partial charge in [0.15, 0.2) is 17.5 Å². The van der Waals surface area contributed by atoms with Crippen molar-refractivity contribution >= 4 is 43.6 Å². The zero-order valence-electron chi connectivity index (χ0n) is 54.5. The van der Waals surface area contributed by atoms with Crippen LogP contribution in [0.3, 0.4) is 0 Å². The van der Waals surface area contributed by atoms with Gasteiger partial charge in [0.2, 0.25) is 0 Å². The van der Waals surface area contributed by atoms with Crippen molar-refractivity contribution in [2.24, 2.45) is 0 Å². The molecule has 0 N–H and O–H groups in total. The van der Waals surface area contributed by atoms with Crippen LogP contribution in [-0.2, 0) is 0 Å². The van der Waals surface area contributed by atoms with Gasteiger partial charge in [-0.2, -0.15) is 0 Å². The van der Waals surface area contributed by atoms with E-state index in [1.807, 2.05) is 42.6 Å². The van der Waals surface area contributed by atoms with Crippen molar-refractivity contribution in [1.29, 1.82) is 0 Å². The Kier molecular flexibility index (Phi) is 14.1. The quantitative estimate of drug-likeness (QED) is 0.137. The summed E-state index contributed by atoms with van der Waals surface area (Å²) in [7, 11) is 0. The van der Waals surface area contributed by atoms with Crippen LogP contribution in [0.5, 0.6) is 0 Å². The van der Waals surface area contributed by atoms with E-state index in [0.29, 0.717) is 17.5 Å². The summed E-state index contributed by atoms with van der Waals surface area (Å²) < 4.78 is 4.92. The maximum Gasteiger partial charge on any atom is 0.164 e. The monoisotopic (exact) mass is 1190 g/mol. The lowest BCUT2D eigenvalue weighted by molar-refractivity contribution is 1.07. The molecule has 0 fully saturated rings. The van der Waals surface area contributed by atoms with E-state index in [2.05, 4.69) is 268 Å². The second kappa shape index (κ2) is 22.6. The third kappa shape index (κ3) is 9.89. The lowest BCUT2D eigenvalue weighted by Gasteiger charge is -2.19. The summed E-state index contributed by atoms with van der Waals surface area (Å²) in [5.74, 6) is 1.76. The molecular formula is C86H72N6. The maximum absolute atomic E-state index is 5.58. The Labute approximate surface area is 539 Å². The molecule has 0 atom stereocenters. The van der Waals surface area contributed by atoms with Gasteiger partial charge in [0.05, 0.1) is 39.1 Å². The van der Waals surface area contributed by atoms with Crippen molar-refractivity contribution in [3.8, 4) is 101 Å². The van der Waals surface area contributed by atoms with Gasteiger partial charge in [-0.15, -0.1) is 0 Å². The molecule has 15 rings (SSSR count). The van der Waals surface area contributed by atoms with E-state index in [0.717, 1.165) is 61.4 Å². The Morgan fingerprint density at radius 1 is 0.250 bits per heavy atom. The predicted molar refractivity (Wildman–Crippen MR) is 387 cm³/mol. The number of hydrogen-bond acceptors (Lipinski definition) is 4. The molecule has 0 unspecified atom stereocenters. The van der Waals surface area contributed by atoms with Crippen molar-refractivity contribution in [3.05, 3.63) is 285 Å². The zero-order valence-corrected chi connectivity index (χ0v) is 54.5. The minimum atomic E-state index is 0.562. The molecule has 92 heavy (non-hydrogen) atoms. The molecule has 0 radical (unpaired) electrons. The summed E-state index contributed by atoms with van der Waals surface area (Å²) in [6.45, 7) is 26.7. The largest absolute Gasteiger partial charge is 0.309 e. The average Bonchev–Trinajstić information content (AvgIpc) is 1.56. The van der Waals surface area contributed by atoms with Gasteiger partial charge in [0.1, 0.15) is 0 Å². The van der Waals surface area contributed by atoms with Crippen molar-refractivity contribution in [2.45, 2.75) is 83.1 Å². The zero-order chi connectivity index (χ0) is 63.4. The maximum atomic E-state index is 5.58. The molecule has 0 spiro atoms. The summed E-state index contributed by atoms with van der Waals surface area (Å²) in [4.78, 5) is 21.4. The van der Waals surface area contributed by atoms with Crippen LogP contribution in [0.4, 0.5) is 0 Å². The third-order valence-corrected chi connectivity index (χ3v) is 18.9. The lowest BCUT2D eigenvalue weighted by atomic mass is 9.91. The summed E-state index contributed by atoms with van der Waals surface area (Å²) in [6.07, 6.45) is 1.94. The number of aryl methyl sites for hydroxylation is 12. The standard InChI is InChI=1S/C86H72N6/c1-49-36-53(5)79(54(6)37-49)63-25-30-73-68(44-63)69-45-64(80-55(7)38-50(2)39-56(80)8)26-31-74(69)91(73)77-34-29-67(86-89-84(61-20-15-13-16-21-61)88-85(90-86)62-22-17-14-18-23-62)48-72(77)83-78(24-19-35-87-83)92-75-32-27-65(81-57(9)40-51(3)41-58(81)10)46-70(75)71-47-66(28-33-76(71)92)82-59(11)42-52(4)43-60(82)12/h13-48H,1-12H3. The minimum absolute atomic E-state index is 0.562. The summed E-state index contributed by atoms with van der Waals surface area (Å²) in [5.41, 5.74) is 35.7. The first-order chi connectivity index (χ1) is 44.5. The van der Waals surface area contributed by atoms with Crippen LogP contribution >= 0.6 is 0 Å². The molecular weight excluding hydrogens is 1120 g/mol. The fourth-order valence-electron chi connectivity index (χ4n) is 15.5. The Hall–Kier alpha value is -10.8. The smallest absolute Gasteiger partial charge is 0.164 e. The molecule has 11 aromatic carbocycles. The van der Waals surface area contributed by atoms with Gasteiger partial charge in [0, 0.05) is 50.0 Å². The fourth-order valence-corrected chi connectivity index (χ4v) is 15.5. The van der Waals surface area contributed by atoms with E-state index >= 15 is 0 Å². The molecule has 0 amide bonds. The summed E-state index contributed by atoms with van der Waals surface area (Å²) >= 11 is 0. The average molecular weight is 1190 g/mol. The highest BCUT2D eigenvalue weighted by atomic mass is 15.0. The molecule has 6 nitrogen and oxygen atoms in total. The molecule has 6 heteroatoms. The van der Waals surface area contributed by atoms with Gasteiger partial charge < -0.3 is 9.13 Å². The van der Waals surface area contributed by atoms with E-state index in [-0.39, 0.29) is 0 Å². The van der Waals surface area contributed by atoms with Crippen molar-refractivity contribution < 1.29 is 0 Å². The van der Waals surface area contributed by atoms with E-state index in [1.54, 1.807) is 0 Å². The highest BCUT2D eigenvalue weighted by Gasteiger charge is 2.26. The number of fused-ring (bicyclic) bond motifs is 6. The van der Waals surface area contributed by atoms with Crippen LogP contribution < -0.4 is 0 Å². The SMILES string of the molecule is Cc1cc(C)c(-c2ccc3c(c2)c2cc(-c4c(C)cc(C)cc4C)ccc2n3-c2ccc(-c3nc(-c4ccccc4)nc(-c4ccccc4)n3)cc2-c2ncccc2-n2c3ccc(-c4c(C)cc(C)cc4C)cc3c3cc(-c4c(C)cc(C)cc4C)ccc32)c(C)c1. The molecule has 446 valence electrons. The molecule has 0 aliphatic carbocycles. The number of pyridine rings is 1. The second-order valence-corrected chi connectivity index (χ2v) is 25.8. The Morgan fingerprint density at radius 2 is 0.554 bits per heavy atom. The van der Waals surface area contributed by atoms with Gasteiger partial charge >= 0.3 is 0 Å². The first-order valence-electron chi connectivity index (χ1n) is 32.0. The Morgan fingerprint density at radius 3 is 0.891 bits per heavy atom. The number of hydrogen-bond donors (Lipinski definition) is 0. The van der Waals surface area contributed by atoms with E-state index in [9.17, 15) is 0 Å². The number of nitrogens with zero attached hydrogens (tertiary/aromatic N) is 6. The van der Waals surface area contributed by atoms with Crippen molar-refractivity contribution in [2.75, 3.05) is 0 Å². The molecule has 0 bridgehead atoms. The lowest BCUT2D eigenvalue weighted by Crippen LogP contribution is -2.04. The first-order valence-corrected chi connectivity index (χ1v) is 32.0. The van der Waals surface area contributed by atoms with Crippen molar-refractivity contribution in [1.82, 2.24) is 29.1 Å².